The summed E-state index contributed by atoms with van der Waals surface area (Å²) in [5.74, 6) is 0.121. The van der Waals surface area contributed by atoms with Crippen molar-refractivity contribution in [3.63, 3.8) is 0 Å². The maximum atomic E-state index is 12.7. The minimum absolute atomic E-state index is 0.0607. The molecular weight excluding hydrogens is 426 g/mol. The number of nitrogens with one attached hydrogen (secondary N) is 2. The second-order valence-corrected chi connectivity index (χ2v) is 9.66. The third-order valence-electron chi connectivity index (χ3n) is 4.59. The number of carbonyl (C=O) groups is 1. The highest BCUT2D eigenvalue weighted by Crippen LogP contribution is 2.35. The van der Waals surface area contributed by atoms with Crippen LogP contribution in [0.4, 0.5) is 10.5 Å². The monoisotopic (exact) mass is 451 g/mol. The standard InChI is InChI=1S/C21H26ClN3O4S/c1-12(2)18-10-16(22)11-19(13(3)4)20(18)23-21(26)25-30(28,29)17-8-6-7-15(9-17)14(5)24-27/h6-13,27H,1-5H3,(H2,23,25,26). The molecule has 0 aliphatic rings. The third kappa shape index (κ3) is 5.52. The molecule has 0 aliphatic heterocycles. The minimum Gasteiger partial charge on any atom is -0.411 e. The summed E-state index contributed by atoms with van der Waals surface area (Å²) in [6.07, 6.45) is 0. The minimum atomic E-state index is -4.14. The van der Waals surface area contributed by atoms with Crippen LogP contribution in [0.25, 0.3) is 0 Å². The molecule has 3 N–H and O–H groups in total. The molecule has 7 nitrogen and oxygen atoms in total. The molecule has 0 aromatic heterocycles. The third-order valence-corrected chi connectivity index (χ3v) is 6.13. The highest BCUT2D eigenvalue weighted by atomic mass is 35.5. The fourth-order valence-corrected chi connectivity index (χ4v) is 4.16. The Balaban J connectivity index is 2.36. The van der Waals surface area contributed by atoms with Gasteiger partial charge in [0.15, 0.2) is 0 Å². The van der Waals surface area contributed by atoms with Crippen molar-refractivity contribution in [2.45, 2.75) is 51.3 Å². The Bertz CT molecular complexity index is 1050. The molecule has 30 heavy (non-hydrogen) atoms. The van der Waals surface area contributed by atoms with E-state index in [-0.39, 0.29) is 22.4 Å². The Hall–Kier alpha value is -2.58. The Labute approximate surface area is 182 Å². The lowest BCUT2D eigenvalue weighted by atomic mass is 9.92. The summed E-state index contributed by atoms with van der Waals surface area (Å²) in [6, 6.07) is 8.44. The van der Waals surface area contributed by atoms with Crippen LogP contribution in [0, 0.1) is 0 Å². The van der Waals surface area contributed by atoms with Gasteiger partial charge in [0.25, 0.3) is 10.0 Å². The molecule has 0 heterocycles. The SMILES string of the molecule is CC(=NO)c1cccc(S(=O)(=O)NC(=O)Nc2c(C(C)C)cc(Cl)cc2C(C)C)c1. The van der Waals surface area contributed by atoms with Crippen LogP contribution in [0.2, 0.25) is 5.02 Å². The van der Waals surface area contributed by atoms with E-state index in [4.69, 9.17) is 16.8 Å². The van der Waals surface area contributed by atoms with Gasteiger partial charge in [-0.1, -0.05) is 56.6 Å². The van der Waals surface area contributed by atoms with Crippen molar-refractivity contribution in [2.75, 3.05) is 5.32 Å². The Kier molecular flexibility index (Phi) is 7.49. The smallest absolute Gasteiger partial charge is 0.333 e. The van der Waals surface area contributed by atoms with Gasteiger partial charge in [-0.15, -0.1) is 0 Å². The summed E-state index contributed by atoms with van der Waals surface area (Å²) in [7, 11) is -4.14. The first-order valence-corrected chi connectivity index (χ1v) is 11.3. The first kappa shape index (κ1) is 23.7. The van der Waals surface area contributed by atoms with E-state index in [1.165, 1.54) is 25.1 Å². The quantitative estimate of drug-likeness (QED) is 0.314. The number of hydrogen-bond donors (Lipinski definition) is 3. The van der Waals surface area contributed by atoms with Gasteiger partial charge in [0.2, 0.25) is 0 Å². The van der Waals surface area contributed by atoms with E-state index in [1.807, 2.05) is 32.4 Å². The molecule has 0 radical (unpaired) electrons. The van der Waals surface area contributed by atoms with Crippen LogP contribution < -0.4 is 10.0 Å². The second-order valence-electron chi connectivity index (χ2n) is 7.54. The maximum absolute atomic E-state index is 12.7. The molecule has 0 saturated heterocycles. The van der Waals surface area contributed by atoms with Crippen LogP contribution >= 0.6 is 11.6 Å². The molecule has 0 spiro atoms. The van der Waals surface area contributed by atoms with E-state index >= 15 is 0 Å². The number of urea groups is 1. The van der Waals surface area contributed by atoms with Crippen molar-refractivity contribution in [1.82, 2.24) is 4.72 Å². The number of amides is 2. The molecule has 9 heteroatoms. The van der Waals surface area contributed by atoms with Gasteiger partial charge in [0.1, 0.15) is 0 Å². The molecule has 0 atom stereocenters. The fraction of sp³-hybridized carbons (Fsp3) is 0.333. The summed E-state index contributed by atoms with van der Waals surface area (Å²) in [6.45, 7) is 9.39. The zero-order chi connectivity index (χ0) is 22.6. The highest BCUT2D eigenvalue weighted by Gasteiger charge is 2.22. The van der Waals surface area contributed by atoms with Crippen molar-refractivity contribution in [2.24, 2.45) is 5.16 Å². The number of rotatable bonds is 6. The van der Waals surface area contributed by atoms with Crippen LogP contribution in [0.3, 0.4) is 0 Å². The molecule has 2 rings (SSSR count). The number of anilines is 1. The number of benzene rings is 2. The van der Waals surface area contributed by atoms with Crippen molar-refractivity contribution in [1.29, 1.82) is 0 Å². The van der Waals surface area contributed by atoms with Crippen molar-refractivity contribution < 1.29 is 18.4 Å². The number of sulfonamides is 1. The topological polar surface area (TPSA) is 108 Å². The molecule has 2 amide bonds. The van der Waals surface area contributed by atoms with Gasteiger partial charge in [-0.05, 0) is 54.2 Å². The summed E-state index contributed by atoms with van der Waals surface area (Å²) in [5, 5.41) is 15.2. The Morgan fingerprint density at radius 3 is 2.13 bits per heavy atom. The summed E-state index contributed by atoms with van der Waals surface area (Å²) in [4.78, 5) is 12.5. The average molecular weight is 452 g/mol. The first-order chi connectivity index (χ1) is 14.0. The van der Waals surface area contributed by atoms with Gasteiger partial charge >= 0.3 is 6.03 Å². The highest BCUT2D eigenvalue weighted by molar-refractivity contribution is 7.90. The maximum Gasteiger partial charge on any atom is 0.333 e. The zero-order valence-corrected chi connectivity index (χ0v) is 19.1. The lowest BCUT2D eigenvalue weighted by Crippen LogP contribution is -2.35. The number of halogens is 1. The van der Waals surface area contributed by atoms with E-state index in [0.29, 0.717) is 16.3 Å². The van der Waals surface area contributed by atoms with Crippen LogP contribution in [-0.2, 0) is 10.0 Å². The van der Waals surface area contributed by atoms with Gasteiger partial charge in [-0.2, -0.15) is 0 Å². The van der Waals surface area contributed by atoms with Crippen molar-refractivity contribution >= 4 is 39.1 Å². The molecular formula is C21H26ClN3O4S. The van der Waals surface area contributed by atoms with Gasteiger partial charge in [-0.3, -0.25) is 0 Å². The fourth-order valence-electron chi connectivity index (χ4n) is 2.97. The number of oxime groups is 1. The van der Waals surface area contributed by atoms with Gasteiger partial charge in [-0.25, -0.2) is 17.9 Å². The largest absolute Gasteiger partial charge is 0.411 e. The van der Waals surface area contributed by atoms with E-state index in [9.17, 15) is 13.2 Å². The van der Waals surface area contributed by atoms with Crippen molar-refractivity contribution in [3.8, 4) is 0 Å². The number of nitrogens with zero attached hydrogens (tertiary/aromatic N) is 1. The predicted octanol–water partition coefficient (Wildman–Crippen LogP) is 5.30. The lowest BCUT2D eigenvalue weighted by Gasteiger charge is -2.21. The van der Waals surface area contributed by atoms with Crippen LogP contribution in [0.5, 0.6) is 0 Å². The number of carbonyl (C=O) groups excluding carboxylic acids is 1. The summed E-state index contributed by atoms with van der Waals surface area (Å²) in [5.41, 5.74) is 2.85. The average Bonchev–Trinajstić information content (AvgIpc) is 2.67. The van der Waals surface area contributed by atoms with E-state index in [0.717, 1.165) is 11.1 Å². The summed E-state index contributed by atoms with van der Waals surface area (Å²) >= 11 is 6.23. The molecule has 0 bridgehead atoms. The number of hydrogen-bond acceptors (Lipinski definition) is 5. The molecule has 0 saturated carbocycles. The summed E-state index contributed by atoms with van der Waals surface area (Å²) < 4.78 is 27.4. The predicted molar refractivity (Wildman–Crippen MR) is 119 cm³/mol. The Morgan fingerprint density at radius 2 is 1.63 bits per heavy atom. The normalized spacial score (nSPS) is 12.3. The molecule has 162 valence electrons. The second kappa shape index (κ2) is 9.49. The molecule has 0 unspecified atom stereocenters. The lowest BCUT2D eigenvalue weighted by molar-refractivity contribution is 0.256. The molecule has 2 aromatic carbocycles. The molecule has 0 fully saturated rings. The van der Waals surface area contributed by atoms with Crippen LogP contribution in [0.15, 0.2) is 46.4 Å². The first-order valence-electron chi connectivity index (χ1n) is 9.42. The zero-order valence-electron chi connectivity index (χ0n) is 17.5. The molecule has 2 aromatic rings. The molecule has 0 aliphatic carbocycles. The van der Waals surface area contributed by atoms with Gasteiger partial charge in [0, 0.05) is 16.3 Å². The van der Waals surface area contributed by atoms with Crippen molar-refractivity contribution in [3.05, 3.63) is 58.1 Å². The van der Waals surface area contributed by atoms with E-state index < -0.39 is 16.1 Å². The van der Waals surface area contributed by atoms with Gasteiger partial charge < -0.3 is 10.5 Å². The van der Waals surface area contributed by atoms with Gasteiger partial charge in [0.05, 0.1) is 10.6 Å². The van der Waals surface area contributed by atoms with E-state index in [2.05, 4.69) is 10.5 Å². The Morgan fingerprint density at radius 1 is 1.07 bits per heavy atom. The van der Waals surface area contributed by atoms with Crippen LogP contribution in [0.1, 0.15) is 63.1 Å². The van der Waals surface area contributed by atoms with Crippen LogP contribution in [-0.4, -0.2) is 25.4 Å². The van der Waals surface area contributed by atoms with E-state index in [1.54, 1.807) is 18.2 Å².